The fourth-order valence-electron chi connectivity index (χ4n) is 2.20. The predicted molar refractivity (Wildman–Crippen MR) is 82.5 cm³/mol. The molecule has 2 N–H and O–H groups in total. The molecule has 0 saturated heterocycles. The predicted octanol–water partition coefficient (Wildman–Crippen LogP) is 4.01. The zero-order valence-electron chi connectivity index (χ0n) is 11.2. The van der Waals surface area contributed by atoms with Gasteiger partial charge in [-0.1, -0.05) is 40.2 Å². The summed E-state index contributed by atoms with van der Waals surface area (Å²) >= 11 is 3.56. The third kappa shape index (κ3) is 3.37. The molecule has 1 unspecified atom stereocenters. The zero-order chi connectivity index (χ0) is 13.8. The minimum atomic E-state index is -0.00962. The molecule has 3 heteroatoms. The molecule has 0 radical (unpaired) electrons. The third-order valence-electron chi connectivity index (χ3n) is 3.27. The molecule has 0 aliphatic carbocycles. The fourth-order valence-corrected chi connectivity index (χ4v) is 2.65. The molecule has 0 spiro atoms. The minimum absolute atomic E-state index is 0.00962. The number of ether oxygens (including phenoxy) is 1. The Labute approximate surface area is 122 Å². The first-order valence-corrected chi connectivity index (χ1v) is 7.04. The summed E-state index contributed by atoms with van der Waals surface area (Å²) in [6, 6.07) is 14.2. The van der Waals surface area contributed by atoms with Crippen molar-refractivity contribution in [3.63, 3.8) is 0 Å². The van der Waals surface area contributed by atoms with E-state index in [9.17, 15) is 0 Å². The van der Waals surface area contributed by atoms with Crippen molar-refractivity contribution in [2.75, 3.05) is 7.11 Å². The van der Waals surface area contributed by atoms with Crippen LogP contribution in [0.4, 0.5) is 0 Å². The number of hydrogen-bond donors (Lipinski definition) is 1. The number of halogens is 1. The first-order valence-electron chi connectivity index (χ1n) is 6.25. The van der Waals surface area contributed by atoms with Gasteiger partial charge in [0.1, 0.15) is 5.75 Å². The molecule has 0 aliphatic rings. The Balaban J connectivity index is 2.21. The Morgan fingerprint density at radius 3 is 2.58 bits per heavy atom. The number of hydrogen-bond acceptors (Lipinski definition) is 2. The van der Waals surface area contributed by atoms with Gasteiger partial charge in [0.2, 0.25) is 0 Å². The van der Waals surface area contributed by atoms with Gasteiger partial charge in [0.15, 0.2) is 0 Å². The summed E-state index contributed by atoms with van der Waals surface area (Å²) in [7, 11) is 1.68. The number of methoxy groups -OCH3 is 1. The van der Waals surface area contributed by atoms with Crippen molar-refractivity contribution >= 4 is 15.9 Å². The highest BCUT2D eigenvalue weighted by molar-refractivity contribution is 9.10. The van der Waals surface area contributed by atoms with E-state index in [-0.39, 0.29) is 6.04 Å². The van der Waals surface area contributed by atoms with Gasteiger partial charge in [-0.25, -0.2) is 0 Å². The summed E-state index contributed by atoms with van der Waals surface area (Å²) < 4.78 is 6.33. The lowest BCUT2D eigenvalue weighted by molar-refractivity contribution is 0.414. The number of benzene rings is 2. The molecule has 1 atom stereocenters. The lowest BCUT2D eigenvalue weighted by Gasteiger charge is -2.16. The maximum absolute atomic E-state index is 6.33. The summed E-state index contributed by atoms with van der Waals surface area (Å²) in [5, 5.41) is 0. The maximum Gasteiger partial charge on any atom is 0.119 e. The van der Waals surface area contributed by atoms with Gasteiger partial charge >= 0.3 is 0 Å². The second kappa shape index (κ2) is 6.22. The second-order valence-corrected chi connectivity index (χ2v) is 5.48. The molecule has 0 saturated carbocycles. The molecule has 0 bridgehead atoms. The number of nitrogens with two attached hydrogens (primary N) is 1. The van der Waals surface area contributed by atoms with Crippen LogP contribution in [0.1, 0.15) is 22.7 Å². The first kappa shape index (κ1) is 14.1. The van der Waals surface area contributed by atoms with E-state index in [4.69, 9.17) is 10.5 Å². The first-order chi connectivity index (χ1) is 9.11. The standard InChI is InChI=1S/C16H18BrNO/c1-11-9-13(19-2)7-8-14(11)16(18)10-12-5-3-4-6-15(12)17/h3-9,16H,10,18H2,1-2H3. The largest absolute Gasteiger partial charge is 0.497 e. The quantitative estimate of drug-likeness (QED) is 0.924. The van der Waals surface area contributed by atoms with E-state index in [1.54, 1.807) is 7.11 Å². The van der Waals surface area contributed by atoms with E-state index in [0.717, 1.165) is 22.2 Å². The normalized spacial score (nSPS) is 12.2. The van der Waals surface area contributed by atoms with Crippen molar-refractivity contribution in [3.8, 4) is 5.75 Å². The Hall–Kier alpha value is -1.32. The van der Waals surface area contributed by atoms with Gasteiger partial charge in [0.25, 0.3) is 0 Å². The molecule has 19 heavy (non-hydrogen) atoms. The minimum Gasteiger partial charge on any atom is -0.497 e. The topological polar surface area (TPSA) is 35.2 Å². The van der Waals surface area contributed by atoms with Crippen LogP contribution in [0.2, 0.25) is 0 Å². The van der Waals surface area contributed by atoms with Gasteiger partial charge in [-0.15, -0.1) is 0 Å². The van der Waals surface area contributed by atoms with Crippen molar-refractivity contribution < 1.29 is 4.74 Å². The number of rotatable bonds is 4. The third-order valence-corrected chi connectivity index (χ3v) is 4.05. The summed E-state index contributed by atoms with van der Waals surface area (Å²) in [5.41, 5.74) is 9.88. The smallest absolute Gasteiger partial charge is 0.119 e. The summed E-state index contributed by atoms with van der Waals surface area (Å²) in [4.78, 5) is 0. The summed E-state index contributed by atoms with van der Waals surface area (Å²) in [5.74, 6) is 0.870. The highest BCUT2D eigenvalue weighted by atomic mass is 79.9. The average Bonchev–Trinajstić information content (AvgIpc) is 2.41. The molecule has 0 fully saturated rings. The molecular formula is C16H18BrNO. The van der Waals surface area contributed by atoms with E-state index < -0.39 is 0 Å². The van der Waals surface area contributed by atoms with E-state index >= 15 is 0 Å². The maximum atomic E-state index is 6.33. The molecule has 0 aromatic heterocycles. The van der Waals surface area contributed by atoms with Crippen LogP contribution in [0.3, 0.4) is 0 Å². The summed E-state index contributed by atoms with van der Waals surface area (Å²) in [6.45, 7) is 2.07. The van der Waals surface area contributed by atoms with Crippen LogP contribution in [-0.2, 0) is 6.42 Å². The second-order valence-electron chi connectivity index (χ2n) is 4.62. The highest BCUT2D eigenvalue weighted by Crippen LogP contribution is 2.26. The van der Waals surface area contributed by atoms with Crippen LogP contribution in [-0.4, -0.2) is 7.11 Å². The SMILES string of the molecule is COc1ccc(C(N)Cc2ccccc2Br)c(C)c1. The van der Waals surface area contributed by atoms with Crippen LogP contribution >= 0.6 is 15.9 Å². The zero-order valence-corrected chi connectivity index (χ0v) is 12.8. The van der Waals surface area contributed by atoms with E-state index in [0.29, 0.717) is 0 Å². The van der Waals surface area contributed by atoms with E-state index in [1.807, 2.05) is 30.3 Å². The van der Waals surface area contributed by atoms with Crippen molar-refractivity contribution in [3.05, 3.63) is 63.6 Å². The van der Waals surface area contributed by atoms with Crippen LogP contribution in [0.5, 0.6) is 5.75 Å². The van der Waals surface area contributed by atoms with Crippen molar-refractivity contribution in [1.29, 1.82) is 0 Å². The molecular weight excluding hydrogens is 302 g/mol. The van der Waals surface area contributed by atoms with Gasteiger partial charge in [0, 0.05) is 10.5 Å². The highest BCUT2D eigenvalue weighted by Gasteiger charge is 2.12. The Bertz CT molecular complexity index is 568. The molecule has 100 valence electrons. The fraction of sp³-hybridized carbons (Fsp3) is 0.250. The Morgan fingerprint density at radius 2 is 1.95 bits per heavy atom. The lowest BCUT2D eigenvalue weighted by atomic mass is 9.96. The molecule has 2 aromatic carbocycles. The van der Waals surface area contributed by atoms with Crippen molar-refractivity contribution in [2.24, 2.45) is 5.73 Å². The van der Waals surface area contributed by atoms with Crippen LogP contribution < -0.4 is 10.5 Å². The Kier molecular flexibility index (Phi) is 4.61. The monoisotopic (exact) mass is 319 g/mol. The number of aryl methyl sites for hydroxylation is 1. The van der Waals surface area contributed by atoms with Crippen molar-refractivity contribution in [2.45, 2.75) is 19.4 Å². The molecule has 0 heterocycles. The average molecular weight is 320 g/mol. The van der Waals surface area contributed by atoms with Crippen molar-refractivity contribution in [1.82, 2.24) is 0 Å². The molecule has 0 amide bonds. The van der Waals surface area contributed by atoms with Gasteiger partial charge < -0.3 is 10.5 Å². The Morgan fingerprint density at radius 1 is 1.21 bits per heavy atom. The van der Waals surface area contributed by atoms with Crippen LogP contribution in [0.25, 0.3) is 0 Å². The van der Waals surface area contributed by atoms with Gasteiger partial charge in [0.05, 0.1) is 7.11 Å². The van der Waals surface area contributed by atoms with Crippen LogP contribution in [0.15, 0.2) is 46.9 Å². The lowest BCUT2D eigenvalue weighted by Crippen LogP contribution is -2.15. The molecule has 2 aromatic rings. The van der Waals surface area contributed by atoms with E-state index in [2.05, 4.69) is 35.0 Å². The molecule has 2 nitrogen and oxygen atoms in total. The summed E-state index contributed by atoms with van der Waals surface area (Å²) in [6.07, 6.45) is 0.814. The molecule has 0 aliphatic heterocycles. The van der Waals surface area contributed by atoms with Gasteiger partial charge in [-0.2, -0.15) is 0 Å². The molecule has 2 rings (SSSR count). The van der Waals surface area contributed by atoms with Gasteiger partial charge in [-0.05, 0) is 48.2 Å². The van der Waals surface area contributed by atoms with Crippen LogP contribution in [0, 0.1) is 6.92 Å². The van der Waals surface area contributed by atoms with Gasteiger partial charge in [-0.3, -0.25) is 0 Å². The van der Waals surface area contributed by atoms with E-state index in [1.165, 1.54) is 11.1 Å².